The van der Waals surface area contributed by atoms with Crippen LogP contribution in [0.2, 0.25) is 0 Å². The van der Waals surface area contributed by atoms with Gasteiger partial charge in [-0.05, 0) is 6.07 Å². The Morgan fingerprint density at radius 3 is 2.38 bits per heavy atom. The molecule has 0 amide bonds. The second-order valence-corrected chi connectivity index (χ2v) is 2.48. The molecule has 0 radical (unpaired) electrons. The highest BCUT2D eigenvalue weighted by molar-refractivity contribution is 4.81. The molecule has 13 heavy (non-hydrogen) atoms. The molecule has 0 bridgehead atoms. The van der Waals surface area contributed by atoms with E-state index in [-0.39, 0.29) is 5.56 Å². The summed E-state index contributed by atoms with van der Waals surface area (Å²) in [5, 5.41) is 8.83. The van der Waals surface area contributed by atoms with E-state index in [1.165, 1.54) is 12.3 Å². The minimum Gasteiger partial charge on any atom is -0.379 e. The minimum absolute atomic E-state index is 0.164. The molecule has 1 aliphatic heterocycles. The molecule has 1 aromatic heterocycles. The van der Waals surface area contributed by atoms with Crippen molar-refractivity contribution in [2.45, 2.75) is 0 Å². The normalized spacial score (nSPS) is 15.7. The first-order valence-electron chi connectivity index (χ1n) is 4.18. The van der Waals surface area contributed by atoms with Gasteiger partial charge in [0.1, 0.15) is 0 Å². The number of hydrogen-bond donors (Lipinski definition) is 2. The maximum absolute atomic E-state index is 10.2. The fourth-order valence-corrected chi connectivity index (χ4v) is 0.827. The first-order valence-corrected chi connectivity index (χ1v) is 4.18. The van der Waals surface area contributed by atoms with Crippen molar-refractivity contribution in [3.63, 3.8) is 0 Å². The van der Waals surface area contributed by atoms with E-state index in [2.05, 4.69) is 15.5 Å². The Morgan fingerprint density at radius 1 is 1.38 bits per heavy atom. The molecular formula is C8H13N3O2. The summed E-state index contributed by atoms with van der Waals surface area (Å²) in [6.07, 6.45) is 1.52. The van der Waals surface area contributed by atoms with Crippen LogP contribution in [0, 0.1) is 0 Å². The van der Waals surface area contributed by atoms with Gasteiger partial charge in [-0.15, -0.1) is 0 Å². The number of aromatic amines is 1. The molecule has 5 nitrogen and oxygen atoms in total. The van der Waals surface area contributed by atoms with Crippen LogP contribution in [0.25, 0.3) is 0 Å². The molecule has 1 fully saturated rings. The molecule has 0 spiro atoms. The van der Waals surface area contributed by atoms with Gasteiger partial charge in [0.2, 0.25) is 0 Å². The SMILES string of the molecule is C1COCCN1.O=c1cccn[nH]1. The Labute approximate surface area is 76.1 Å². The van der Waals surface area contributed by atoms with E-state index in [1.807, 2.05) is 0 Å². The van der Waals surface area contributed by atoms with Crippen molar-refractivity contribution in [2.75, 3.05) is 26.3 Å². The number of H-pyrrole nitrogens is 1. The van der Waals surface area contributed by atoms with Crippen molar-refractivity contribution in [1.29, 1.82) is 0 Å². The van der Waals surface area contributed by atoms with E-state index in [1.54, 1.807) is 6.07 Å². The molecule has 0 aromatic carbocycles. The highest BCUT2D eigenvalue weighted by Gasteiger charge is 1.92. The van der Waals surface area contributed by atoms with Crippen molar-refractivity contribution in [2.24, 2.45) is 0 Å². The molecule has 1 aromatic rings. The lowest BCUT2D eigenvalue weighted by atomic mass is 10.5. The Bertz CT molecular complexity index is 241. The predicted molar refractivity (Wildman–Crippen MR) is 48.5 cm³/mol. The second kappa shape index (κ2) is 6.33. The third-order valence-electron chi connectivity index (χ3n) is 1.43. The molecule has 2 heterocycles. The van der Waals surface area contributed by atoms with Crippen LogP contribution in [0.5, 0.6) is 0 Å². The zero-order valence-electron chi connectivity index (χ0n) is 7.32. The van der Waals surface area contributed by atoms with Gasteiger partial charge in [-0.3, -0.25) is 4.79 Å². The van der Waals surface area contributed by atoms with Crippen LogP contribution < -0.4 is 10.9 Å². The molecule has 0 aliphatic carbocycles. The Balaban J connectivity index is 0.000000132. The lowest BCUT2D eigenvalue weighted by Gasteiger charge is -2.10. The smallest absolute Gasteiger partial charge is 0.264 e. The van der Waals surface area contributed by atoms with Crippen molar-refractivity contribution >= 4 is 0 Å². The number of morpholine rings is 1. The van der Waals surface area contributed by atoms with E-state index >= 15 is 0 Å². The highest BCUT2D eigenvalue weighted by Crippen LogP contribution is 1.76. The molecule has 72 valence electrons. The third kappa shape index (κ3) is 5.10. The zero-order valence-corrected chi connectivity index (χ0v) is 7.32. The van der Waals surface area contributed by atoms with Crippen molar-refractivity contribution < 1.29 is 4.74 Å². The Hall–Kier alpha value is -1.20. The fraction of sp³-hybridized carbons (Fsp3) is 0.500. The topological polar surface area (TPSA) is 67.0 Å². The zero-order chi connectivity index (χ0) is 9.36. The summed E-state index contributed by atoms with van der Waals surface area (Å²) in [6, 6.07) is 2.99. The van der Waals surface area contributed by atoms with E-state index in [0.29, 0.717) is 0 Å². The molecule has 0 saturated carbocycles. The first-order chi connectivity index (χ1) is 6.39. The molecule has 1 saturated heterocycles. The van der Waals surface area contributed by atoms with Crippen LogP contribution in [0.4, 0.5) is 0 Å². The van der Waals surface area contributed by atoms with Crippen molar-refractivity contribution in [3.8, 4) is 0 Å². The molecule has 0 unspecified atom stereocenters. The van der Waals surface area contributed by atoms with E-state index in [4.69, 9.17) is 4.74 Å². The van der Waals surface area contributed by atoms with Crippen molar-refractivity contribution in [3.05, 3.63) is 28.7 Å². The van der Waals surface area contributed by atoms with Gasteiger partial charge in [-0.1, -0.05) is 0 Å². The largest absolute Gasteiger partial charge is 0.379 e. The van der Waals surface area contributed by atoms with Crippen LogP contribution in [-0.2, 0) is 4.74 Å². The predicted octanol–water partition coefficient (Wildman–Crippen LogP) is -0.624. The number of aromatic nitrogens is 2. The molecule has 5 heteroatoms. The van der Waals surface area contributed by atoms with Gasteiger partial charge < -0.3 is 10.1 Å². The molecule has 1 aliphatic rings. The van der Waals surface area contributed by atoms with Crippen LogP contribution in [0.1, 0.15) is 0 Å². The Kier molecular flexibility index (Phi) is 4.81. The summed E-state index contributed by atoms with van der Waals surface area (Å²) < 4.78 is 5.01. The van der Waals surface area contributed by atoms with E-state index in [9.17, 15) is 4.79 Å². The number of nitrogens with zero attached hydrogens (tertiary/aromatic N) is 1. The fourth-order valence-electron chi connectivity index (χ4n) is 0.827. The summed E-state index contributed by atoms with van der Waals surface area (Å²) in [4.78, 5) is 10.2. The maximum atomic E-state index is 10.2. The Morgan fingerprint density at radius 2 is 2.15 bits per heavy atom. The van der Waals surface area contributed by atoms with Crippen LogP contribution >= 0.6 is 0 Å². The molecular weight excluding hydrogens is 170 g/mol. The van der Waals surface area contributed by atoms with Crippen molar-refractivity contribution in [1.82, 2.24) is 15.5 Å². The van der Waals surface area contributed by atoms with Gasteiger partial charge in [0.15, 0.2) is 0 Å². The summed E-state index contributed by atoms with van der Waals surface area (Å²) in [6.45, 7) is 3.83. The number of hydrogen-bond acceptors (Lipinski definition) is 4. The number of rotatable bonds is 0. The average Bonchev–Trinajstić information content (AvgIpc) is 2.22. The van der Waals surface area contributed by atoms with Gasteiger partial charge >= 0.3 is 0 Å². The maximum Gasteiger partial charge on any atom is 0.264 e. The average molecular weight is 183 g/mol. The third-order valence-corrected chi connectivity index (χ3v) is 1.43. The van der Waals surface area contributed by atoms with Crippen LogP contribution in [0.3, 0.4) is 0 Å². The quantitative estimate of drug-likeness (QED) is 0.562. The lowest BCUT2D eigenvalue weighted by molar-refractivity contribution is 0.109. The van der Waals surface area contributed by atoms with Crippen LogP contribution in [0.15, 0.2) is 23.1 Å². The molecule has 0 atom stereocenters. The van der Waals surface area contributed by atoms with Gasteiger partial charge in [-0.25, -0.2) is 5.10 Å². The summed E-state index contributed by atoms with van der Waals surface area (Å²) >= 11 is 0. The second-order valence-electron chi connectivity index (χ2n) is 2.48. The van der Waals surface area contributed by atoms with E-state index in [0.717, 1.165) is 26.3 Å². The van der Waals surface area contributed by atoms with Gasteiger partial charge in [0.05, 0.1) is 13.2 Å². The standard InChI is InChI=1S/C4H4N2O.C4H9NO/c7-4-2-1-3-5-6-4;1-3-6-4-2-5-1/h1-3H,(H,6,7);5H,1-4H2. The highest BCUT2D eigenvalue weighted by atomic mass is 16.5. The molecule has 2 rings (SSSR count). The summed E-state index contributed by atoms with van der Waals surface area (Å²) in [5.41, 5.74) is -0.164. The van der Waals surface area contributed by atoms with Crippen LogP contribution in [-0.4, -0.2) is 36.5 Å². The summed E-state index contributed by atoms with van der Waals surface area (Å²) in [5.74, 6) is 0. The lowest BCUT2D eigenvalue weighted by Crippen LogP contribution is -2.30. The van der Waals surface area contributed by atoms with Gasteiger partial charge in [0, 0.05) is 25.4 Å². The minimum atomic E-state index is -0.164. The number of ether oxygens (including phenoxy) is 1. The van der Waals surface area contributed by atoms with Gasteiger partial charge in [-0.2, -0.15) is 5.10 Å². The molecule has 2 N–H and O–H groups in total. The summed E-state index contributed by atoms with van der Waals surface area (Å²) in [7, 11) is 0. The first kappa shape index (κ1) is 9.88. The van der Waals surface area contributed by atoms with Gasteiger partial charge in [0.25, 0.3) is 5.56 Å². The number of nitrogens with one attached hydrogen (secondary N) is 2. The monoisotopic (exact) mass is 183 g/mol. The van der Waals surface area contributed by atoms with E-state index < -0.39 is 0 Å².